The average molecular weight is 279 g/mol. The van der Waals surface area contributed by atoms with Crippen LogP contribution in [0.2, 0.25) is 0 Å². The number of aliphatic hydroxyl groups excluding tert-OH is 1. The van der Waals surface area contributed by atoms with E-state index in [-0.39, 0.29) is 12.7 Å². The van der Waals surface area contributed by atoms with Crippen LogP contribution in [-0.2, 0) is 14.8 Å². The first-order valence-corrected chi connectivity index (χ1v) is 6.53. The van der Waals surface area contributed by atoms with E-state index >= 15 is 0 Å². The van der Waals surface area contributed by atoms with Crippen LogP contribution < -0.4 is 4.72 Å². The van der Waals surface area contributed by atoms with Gasteiger partial charge in [0.1, 0.15) is 0 Å². The van der Waals surface area contributed by atoms with Crippen LogP contribution in [0, 0.1) is 0 Å². The van der Waals surface area contributed by atoms with E-state index in [1.54, 1.807) is 18.6 Å². The second-order valence-electron chi connectivity index (χ2n) is 3.64. The fourth-order valence-corrected chi connectivity index (χ4v) is 1.66. The molecular weight excluding hydrogens is 263 g/mol. The molecule has 0 amide bonds. The first-order chi connectivity index (χ1) is 7.54. The number of halogens is 3. The maximum absolute atomic E-state index is 11.9. The van der Waals surface area contributed by atoms with Gasteiger partial charge in [-0.05, 0) is 13.8 Å². The van der Waals surface area contributed by atoms with Crippen molar-refractivity contribution in [3.63, 3.8) is 0 Å². The average Bonchev–Trinajstić information content (AvgIpc) is 2.11. The lowest BCUT2D eigenvalue weighted by Crippen LogP contribution is -2.41. The number of aliphatic hydroxyl groups is 1. The van der Waals surface area contributed by atoms with Crippen molar-refractivity contribution in [2.75, 3.05) is 18.9 Å². The van der Waals surface area contributed by atoms with Crippen LogP contribution in [0.4, 0.5) is 13.2 Å². The third-order valence-electron chi connectivity index (χ3n) is 1.68. The molecule has 0 heterocycles. The Bertz CT molecular complexity index is 315. The highest BCUT2D eigenvalue weighted by atomic mass is 32.2. The maximum Gasteiger partial charge on any atom is 0.415 e. The molecule has 2 N–H and O–H groups in total. The molecule has 9 heteroatoms. The van der Waals surface area contributed by atoms with Gasteiger partial charge in [-0.25, -0.2) is 13.1 Å². The molecule has 0 aromatic rings. The lowest BCUT2D eigenvalue weighted by molar-refractivity contribution is -0.200. The van der Waals surface area contributed by atoms with Crippen molar-refractivity contribution in [2.24, 2.45) is 0 Å². The van der Waals surface area contributed by atoms with Crippen LogP contribution in [-0.4, -0.2) is 50.8 Å². The van der Waals surface area contributed by atoms with Crippen molar-refractivity contribution in [1.82, 2.24) is 4.72 Å². The van der Waals surface area contributed by atoms with Crippen molar-refractivity contribution in [2.45, 2.75) is 32.2 Å². The molecule has 0 aliphatic carbocycles. The molecule has 0 rings (SSSR count). The Morgan fingerprint density at radius 1 is 1.35 bits per heavy atom. The van der Waals surface area contributed by atoms with Crippen molar-refractivity contribution < 1.29 is 31.4 Å². The summed E-state index contributed by atoms with van der Waals surface area (Å²) in [6.07, 6.45) is -7.70. The predicted octanol–water partition coefficient (Wildman–Crippen LogP) is 0.254. The van der Waals surface area contributed by atoms with Crippen LogP contribution in [0.1, 0.15) is 13.8 Å². The van der Waals surface area contributed by atoms with E-state index in [0.717, 1.165) is 0 Å². The molecule has 0 saturated carbocycles. The number of ether oxygens (including phenoxy) is 1. The molecule has 0 radical (unpaired) electrons. The summed E-state index contributed by atoms with van der Waals surface area (Å²) in [6.45, 7) is 2.20. The van der Waals surface area contributed by atoms with E-state index < -0.39 is 34.6 Å². The minimum atomic E-state index is -4.84. The quantitative estimate of drug-likeness (QED) is 0.700. The van der Waals surface area contributed by atoms with Gasteiger partial charge in [0, 0.05) is 6.54 Å². The van der Waals surface area contributed by atoms with Gasteiger partial charge in [0.2, 0.25) is 10.0 Å². The first kappa shape index (κ1) is 16.6. The molecule has 17 heavy (non-hydrogen) atoms. The smallest absolute Gasteiger partial charge is 0.382 e. The third kappa shape index (κ3) is 8.36. The van der Waals surface area contributed by atoms with E-state index in [1.807, 2.05) is 0 Å². The number of rotatable bonds is 7. The van der Waals surface area contributed by atoms with Crippen LogP contribution in [0.25, 0.3) is 0 Å². The topological polar surface area (TPSA) is 75.6 Å². The Morgan fingerprint density at radius 3 is 2.29 bits per heavy atom. The molecule has 0 aromatic carbocycles. The van der Waals surface area contributed by atoms with Gasteiger partial charge in [-0.3, -0.25) is 0 Å². The molecule has 0 aromatic heterocycles. The Kier molecular flexibility index (Phi) is 6.38. The number of nitrogens with one attached hydrogen (secondary N) is 1. The van der Waals surface area contributed by atoms with Gasteiger partial charge in [-0.1, -0.05) is 0 Å². The summed E-state index contributed by atoms with van der Waals surface area (Å²) < 4.78 is 64.6. The van der Waals surface area contributed by atoms with Gasteiger partial charge < -0.3 is 9.84 Å². The van der Waals surface area contributed by atoms with Crippen LogP contribution in [0.3, 0.4) is 0 Å². The second-order valence-corrected chi connectivity index (χ2v) is 5.57. The molecule has 0 fully saturated rings. The highest BCUT2D eigenvalue weighted by Gasteiger charge is 2.38. The fraction of sp³-hybridized carbons (Fsp3) is 1.00. The van der Waals surface area contributed by atoms with Gasteiger partial charge in [0.15, 0.2) is 6.10 Å². The van der Waals surface area contributed by atoms with Gasteiger partial charge in [0.25, 0.3) is 0 Å². The van der Waals surface area contributed by atoms with Crippen LogP contribution in [0.5, 0.6) is 0 Å². The zero-order chi connectivity index (χ0) is 13.7. The number of hydrogen-bond acceptors (Lipinski definition) is 4. The van der Waals surface area contributed by atoms with Crippen molar-refractivity contribution >= 4 is 10.0 Å². The summed E-state index contributed by atoms with van der Waals surface area (Å²) in [4.78, 5) is 0. The Hall–Kier alpha value is -0.380. The second kappa shape index (κ2) is 6.53. The van der Waals surface area contributed by atoms with Gasteiger partial charge in [0.05, 0.1) is 18.5 Å². The normalized spacial score (nSPS) is 15.2. The SMILES string of the molecule is CC(C)OCCS(=O)(=O)NCC(O)C(F)(F)F. The molecule has 0 saturated heterocycles. The standard InChI is InChI=1S/C8H16F3NO4S/c1-6(2)16-3-4-17(14,15)12-5-7(13)8(9,10)11/h6-7,12-13H,3-5H2,1-2H3. The lowest BCUT2D eigenvalue weighted by atomic mass is 10.4. The summed E-state index contributed by atoms with van der Waals surface area (Å²) >= 11 is 0. The highest BCUT2D eigenvalue weighted by molar-refractivity contribution is 7.89. The van der Waals surface area contributed by atoms with Crippen molar-refractivity contribution in [3.05, 3.63) is 0 Å². The largest absolute Gasteiger partial charge is 0.415 e. The van der Waals surface area contributed by atoms with Crippen molar-refractivity contribution in [1.29, 1.82) is 0 Å². The molecule has 1 atom stereocenters. The van der Waals surface area contributed by atoms with E-state index in [1.165, 1.54) is 0 Å². The first-order valence-electron chi connectivity index (χ1n) is 4.88. The summed E-state index contributed by atoms with van der Waals surface area (Å²) in [5.41, 5.74) is 0. The summed E-state index contributed by atoms with van der Waals surface area (Å²) in [5, 5.41) is 8.58. The van der Waals surface area contributed by atoms with Gasteiger partial charge in [-0.15, -0.1) is 0 Å². The van der Waals surface area contributed by atoms with Gasteiger partial charge >= 0.3 is 6.18 Å². The maximum atomic E-state index is 11.9. The van der Waals surface area contributed by atoms with E-state index in [0.29, 0.717) is 0 Å². The van der Waals surface area contributed by atoms with E-state index in [2.05, 4.69) is 0 Å². The predicted molar refractivity (Wildman–Crippen MR) is 54.9 cm³/mol. The molecular formula is C8H16F3NO4S. The molecule has 0 aliphatic rings. The molecule has 1 unspecified atom stereocenters. The fourth-order valence-electron chi connectivity index (χ4n) is 0.787. The van der Waals surface area contributed by atoms with Crippen LogP contribution >= 0.6 is 0 Å². The molecule has 0 aliphatic heterocycles. The van der Waals surface area contributed by atoms with Crippen molar-refractivity contribution in [3.8, 4) is 0 Å². The van der Waals surface area contributed by atoms with Crippen LogP contribution in [0.15, 0.2) is 0 Å². The molecule has 0 bridgehead atoms. The Morgan fingerprint density at radius 2 is 1.88 bits per heavy atom. The number of sulfonamides is 1. The zero-order valence-electron chi connectivity index (χ0n) is 9.49. The zero-order valence-corrected chi connectivity index (χ0v) is 10.3. The number of alkyl halides is 3. The molecule has 0 spiro atoms. The molecule has 104 valence electrons. The minimum Gasteiger partial charge on any atom is -0.382 e. The van der Waals surface area contributed by atoms with E-state index in [9.17, 15) is 21.6 Å². The third-order valence-corrected chi connectivity index (χ3v) is 2.99. The monoisotopic (exact) mass is 279 g/mol. The Balaban J connectivity index is 4.02. The van der Waals surface area contributed by atoms with E-state index in [4.69, 9.17) is 9.84 Å². The summed E-state index contributed by atoms with van der Waals surface area (Å²) in [5.74, 6) is -0.449. The lowest BCUT2D eigenvalue weighted by Gasteiger charge is -2.15. The highest BCUT2D eigenvalue weighted by Crippen LogP contribution is 2.19. The molecule has 5 nitrogen and oxygen atoms in total. The summed E-state index contributed by atoms with van der Waals surface area (Å²) in [7, 11) is -3.87. The summed E-state index contributed by atoms with van der Waals surface area (Å²) in [6, 6.07) is 0. The Labute approximate surface area is 98.0 Å². The number of hydrogen-bond donors (Lipinski definition) is 2. The minimum absolute atomic E-state index is 0.116. The van der Waals surface area contributed by atoms with Gasteiger partial charge in [-0.2, -0.15) is 13.2 Å².